The monoisotopic (exact) mass is 654 g/mol. The first-order chi connectivity index (χ1) is 25.2. The molecule has 0 saturated heterocycles. The van der Waals surface area contributed by atoms with Gasteiger partial charge < -0.3 is 4.42 Å². The van der Waals surface area contributed by atoms with Crippen molar-refractivity contribution in [1.29, 1.82) is 0 Å². The molecule has 5 heteroatoms. The summed E-state index contributed by atoms with van der Waals surface area (Å²) in [4.78, 5) is 19.7. The van der Waals surface area contributed by atoms with E-state index in [0.29, 0.717) is 23.4 Å². The van der Waals surface area contributed by atoms with Gasteiger partial charge in [0.05, 0.1) is 0 Å². The van der Waals surface area contributed by atoms with Crippen molar-refractivity contribution < 1.29 is 4.42 Å². The Kier molecular flexibility index (Phi) is 7.76. The van der Waals surface area contributed by atoms with Gasteiger partial charge >= 0.3 is 0 Å². The molecule has 0 amide bonds. The van der Waals surface area contributed by atoms with E-state index in [4.69, 9.17) is 19.4 Å². The third-order valence-corrected chi connectivity index (χ3v) is 9.02. The molecule has 7 aromatic carbocycles. The first-order valence-electron chi connectivity index (χ1n) is 16.9. The first-order valence-corrected chi connectivity index (χ1v) is 16.9. The molecule has 51 heavy (non-hydrogen) atoms. The van der Waals surface area contributed by atoms with Gasteiger partial charge in [-0.25, -0.2) is 19.9 Å². The fraction of sp³-hybridized carbons (Fsp3) is 0. The number of oxazole rings is 1. The zero-order valence-electron chi connectivity index (χ0n) is 27.5. The number of hydrogen-bond acceptors (Lipinski definition) is 5. The largest absolute Gasteiger partial charge is 0.436 e. The Hall–Kier alpha value is -6.98. The molecule has 0 radical (unpaired) electrons. The molecule has 0 fully saturated rings. The molecular formula is C46H30N4O. The molecule has 0 N–H and O–H groups in total. The van der Waals surface area contributed by atoms with Gasteiger partial charge in [0, 0.05) is 22.3 Å². The summed E-state index contributed by atoms with van der Waals surface area (Å²) in [6.45, 7) is 0. The summed E-state index contributed by atoms with van der Waals surface area (Å²) in [6, 6.07) is 61.9. The zero-order chi connectivity index (χ0) is 34.0. The van der Waals surface area contributed by atoms with E-state index >= 15 is 0 Å². The molecule has 0 bridgehead atoms. The van der Waals surface area contributed by atoms with Crippen molar-refractivity contribution in [2.75, 3.05) is 0 Å². The van der Waals surface area contributed by atoms with Crippen LogP contribution < -0.4 is 0 Å². The van der Waals surface area contributed by atoms with Crippen LogP contribution in [-0.4, -0.2) is 19.9 Å². The number of fused-ring (bicyclic) bond motifs is 1. The molecule has 9 aromatic rings. The maximum absolute atomic E-state index is 5.98. The fourth-order valence-corrected chi connectivity index (χ4v) is 6.38. The minimum absolute atomic E-state index is 0.623. The molecule has 240 valence electrons. The topological polar surface area (TPSA) is 64.7 Å². The average molecular weight is 655 g/mol. The van der Waals surface area contributed by atoms with Crippen LogP contribution in [-0.2, 0) is 0 Å². The van der Waals surface area contributed by atoms with Gasteiger partial charge in [-0.3, -0.25) is 0 Å². The fourth-order valence-electron chi connectivity index (χ4n) is 6.38. The van der Waals surface area contributed by atoms with Crippen molar-refractivity contribution in [3.05, 3.63) is 182 Å². The van der Waals surface area contributed by atoms with Crippen molar-refractivity contribution in [1.82, 2.24) is 19.9 Å². The Morgan fingerprint density at radius 1 is 0.294 bits per heavy atom. The molecule has 0 saturated carbocycles. The summed E-state index contributed by atoms with van der Waals surface area (Å²) in [7, 11) is 0. The van der Waals surface area contributed by atoms with Crippen LogP contribution in [0.4, 0.5) is 0 Å². The van der Waals surface area contributed by atoms with Gasteiger partial charge in [-0.1, -0.05) is 152 Å². The molecule has 2 aromatic heterocycles. The standard InChI is InChI=1S/C46H30N4O/c1-3-12-33(13-4-1)39-18-7-8-19-40(39)45-49-43(34-14-5-2-6-15-34)48-44(50-45)35-26-22-31(23-27-35)37-16-11-17-38(30-37)32-24-28-36(29-25-32)46-47-41-20-9-10-21-42(41)51-46/h1-30H. The van der Waals surface area contributed by atoms with E-state index in [1.54, 1.807) is 0 Å². The van der Waals surface area contributed by atoms with Gasteiger partial charge in [0.25, 0.3) is 0 Å². The van der Waals surface area contributed by atoms with Crippen LogP contribution in [0.3, 0.4) is 0 Å². The van der Waals surface area contributed by atoms with Crippen LogP contribution >= 0.6 is 0 Å². The van der Waals surface area contributed by atoms with Gasteiger partial charge in [-0.05, 0) is 63.7 Å². The average Bonchev–Trinajstić information content (AvgIpc) is 3.66. The van der Waals surface area contributed by atoms with Crippen LogP contribution in [0.2, 0.25) is 0 Å². The number of nitrogens with zero attached hydrogens (tertiary/aromatic N) is 4. The predicted octanol–water partition coefficient (Wildman–Crippen LogP) is 11.7. The van der Waals surface area contributed by atoms with Crippen LogP contribution in [0.25, 0.3) is 90.1 Å². The Labute approximate surface area is 295 Å². The quantitative estimate of drug-likeness (QED) is 0.171. The highest BCUT2D eigenvalue weighted by Gasteiger charge is 2.16. The van der Waals surface area contributed by atoms with E-state index in [1.807, 2.05) is 66.7 Å². The van der Waals surface area contributed by atoms with Gasteiger partial charge in [0.1, 0.15) is 5.52 Å². The number of hydrogen-bond donors (Lipinski definition) is 0. The second-order valence-electron chi connectivity index (χ2n) is 12.3. The summed E-state index contributed by atoms with van der Waals surface area (Å²) in [5.41, 5.74) is 12.1. The maximum atomic E-state index is 5.98. The SMILES string of the molecule is c1ccc(-c2nc(-c3ccc(-c4cccc(-c5ccc(-c6nc7ccccc7o6)cc5)c4)cc3)nc(-c3ccccc3-c3ccccc3)n2)cc1. The third-order valence-electron chi connectivity index (χ3n) is 9.02. The third kappa shape index (κ3) is 6.09. The summed E-state index contributed by atoms with van der Waals surface area (Å²) in [5.74, 6) is 2.52. The number of para-hydroxylation sites is 2. The molecule has 0 atom stereocenters. The smallest absolute Gasteiger partial charge is 0.227 e. The van der Waals surface area contributed by atoms with Crippen LogP contribution in [0, 0.1) is 0 Å². The van der Waals surface area contributed by atoms with Gasteiger partial charge in [-0.15, -0.1) is 0 Å². The highest BCUT2D eigenvalue weighted by molar-refractivity contribution is 5.82. The Bertz CT molecular complexity index is 2580. The molecular weight excluding hydrogens is 625 g/mol. The molecule has 2 heterocycles. The van der Waals surface area contributed by atoms with Crippen molar-refractivity contribution >= 4 is 11.1 Å². The lowest BCUT2D eigenvalue weighted by Gasteiger charge is -2.12. The second-order valence-corrected chi connectivity index (χ2v) is 12.3. The molecule has 0 unspecified atom stereocenters. The predicted molar refractivity (Wildman–Crippen MR) is 205 cm³/mol. The number of aromatic nitrogens is 4. The zero-order valence-corrected chi connectivity index (χ0v) is 27.5. The number of benzene rings is 7. The molecule has 9 rings (SSSR count). The van der Waals surface area contributed by atoms with Gasteiger partial charge in [0.2, 0.25) is 5.89 Å². The Morgan fingerprint density at radius 3 is 1.41 bits per heavy atom. The lowest BCUT2D eigenvalue weighted by molar-refractivity contribution is 0.620. The minimum atomic E-state index is 0.623. The maximum Gasteiger partial charge on any atom is 0.227 e. The first kappa shape index (κ1) is 30.1. The summed E-state index contributed by atoms with van der Waals surface area (Å²) in [6.07, 6.45) is 0. The van der Waals surface area contributed by atoms with Crippen molar-refractivity contribution in [2.45, 2.75) is 0 Å². The molecule has 0 aliphatic carbocycles. The van der Waals surface area contributed by atoms with Crippen LogP contribution in [0.5, 0.6) is 0 Å². The lowest BCUT2D eigenvalue weighted by Crippen LogP contribution is -2.01. The highest BCUT2D eigenvalue weighted by Crippen LogP contribution is 2.34. The molecule has 5 nitrogen and oxygen atoms in total. The summed E-state index contributed by atoms with van der Waals surface area (Å²) < 4.78 is 5.98. The van der Waals surface area contributed by atoms with Crippen molar-refractivity contribution in [3.63, 3.8) is 0 Å². The summed E-state index contributed by atoms with van der Waals surface area (Å²) in [5, 5.41) is 0. The highest BCUT2D eigenvalue weighted by atomic mass is 16.3. The van der Waals surface area contributed by atoms with E-state index in [1.165, 1.54) is 0 Å². The number of rotatable bonds is 7. The van der Waals surface area contributed by atoms with E-state index in [2.05, 4.69) is 120 Å². The van der Waals surface area contributed by atoms with E-state index in [-0.39, 0.29) is 0 Å². The van der Waals surface area contributed by atoms with Gasteiger partial charge in [0.15, 0.2) is 23.1 Å². The van der Waals surface area contributed by atoms with Gasteiger partial charge in [-0.2, -0.15) is 0 Å². The van der Waals surface area contributed by atoms with Crippen molar-refractivity contribution in [2.24, 2.45) is 0 Å². The second kappa shape index (κ2) is 13.1. The molecule has 0 spiro atoms. The van der Waals surface area contributed by atoms with Crippen LogP contribution in [0.15, 0.2) is 186 Å². The lowest BCUT2D eigenvalue weighted by atomic mass is 9.97. The van der Waals surface area contributed by atoms with Crippen molar-refractivity contribution in [3.8, 4) is 79.0 Å². The Morgan fingerprint density at radius 2 is 0.765 bits per heavy atom. The summed E-state index contributed by atoms with van der Waals surface area (Å²) >= 11 is 0. The Balaban J connectivity index is 1.04. The minimum Gasteiger partial charge on any atom is -0.436 e. The molecule has 0 aliphatic heterocycles. The van der Waals surface area contributed by atoms with E-state index in [9.17, 15) is 0 Å². The van der Waals surface area contributed by atoms with E-state index < -0.39 is 0 Å². The van der Waals surface area contributed by atoms with Crippen LogP contribution in [0.1, 0.15) is 0 Å². The van der Waals surface area contributed by atoms with E-state index in [0.717, 1.165) is 66.7 Å². The normalized spacial score (nSPS) is 11.1. The molecule has 0 aliphatic rings.